The summed E-state index contributed by atoms with van der Waals surface area (Å²) in [6.07, 6.45) is 6.54. The van der Waals surface area contributed by atoms with E-state index in [1.807, 2.05) is 6.07 Å². The van der Waals surface area contributed by atoms with Crippen LogP contribution in [0.5, 0.6) is 0 Å². The van der Waals surface area contributed by atoms with Crippen LogP contribution in [0.4, 0.5) is 0 Å². The Morgan fingerprint density at radius 3 is 2.37 bits per heavy atom. The zero-order chi connectivity index (χ0) is 21.9. The number of hydrogen-bond donors (Lipinski definition) is 1. The molecule has 1 heterocycles. The lowest BCUT2D eigenvalue weighted by atomic mass is 9.92. The van der Waals surface area contributed by atoms with E-state index in [4.69, 9.17) is 0 Å². The number of nitrogens with zero attached hydrogens (tertiary/aromatic N) is 2. The fourth-order valence-electron chi connectivity index (χ4n) is 4.16. The van der Waals surface area contributed by atoms with Crippen LogP contribution in [0, 0.1) is 0 Å². The van der Waals surface area contributed by atoms with Crippen LogP contribution in [0.3, 0.4) is 0 Å². The number of sulfonamides is 2. The van der Waals surface area contributed by atoms with Crippen molar-refractivity contribution >= 4 is 26.0 Å². The number of carbonyl (C=O) groups excluding carboxylic acids is 1. The summed E-state index contributed by atoms with van der Waals surface area (Å²) in [7, 11) is -5.34. The molecule has 1 aromatic carbocycles. The molecule has 0 unspecified atom stereocenters. The molecule has 0 atom stereocenters. The Morgan fingerprint density at radius 1 is 1.10 bits per heavy atom. The fraction of sp³-hybridized carbons (Fsp3) is 0.650. The molecule has 1 aliphatic carbocycles. The molecule has 1 saturated heterocycles. The Hall–Kier alpha value is -1.49. The van der Waals surface area contributed by atoms with Gasteiger partial charge in [-0.15, -0.1) is 0 Å². The van der Waals surface area contributed by atoms with Crippen molar-refractivity contribution in [2.45, 2.75) is 55.9 Å². The van der Waals surface area contributed by atoms with Crippen molar-refractivity contribution in [1.82, 2.24) is 13.9 Å². The second-order valence-corrected chi connectivity index (χ2v) is 12.0. The predicted octanol–water partition coefficient (Wildman–Crippen LogP) is 1.12. The predicted molar refractivity (Wildman–Crippen MR) is 115 cm³/mol. The summed E-state index contributed by atoms with van der Waals surface area (Å²) >= 11 is 0. The Labute approximate surface area is 179 Å². The van der Waals surface area contributed by atoms with Crippen LogP contribution in [0.15, 0.2) is 23.1 Å². The van der Waals surface area contributed by atoms with E-state index < -0.39 is 20.0 Å². The van der Waals surface area contributed by atoms with Crippen LogP contribution in [0.2, 0.25) is 0 Å². The molecule has 0 saturated carbocycles. The number of nitrogens with one attached hydrogen (secondary N) is 1. The smallest absolute Gasteiger partial charge is 0.240 e. The van der Waals surface area contributed by atoms with Gasteiger partial charge in [0.15, 0.2) is 0 Å². The summed E-state index contributed by atoms with van der Waals surface area (Å²) in [5, 5.41) is 0. The third-order valence-corrected chi connectivity index (χ3v) is 8.92. The Bertz CT molecular complexity index is 984. The van der Waals surface area contributed by atoms with Gasteiger partial charge in [0.25, 0.3) is 0 Å². The molecule has 3 rings (SSSR count). The largest absolute Gasteiger partial charge is 0.343 e. The number of piperidine rings is 1. The number of fused-ring (bicyclic) bond motifs is 1. The van der Waals surface area contributed by atoms with Gasteiger partial charge in [0.05, 0.1) is 11.2 Å². The average Bonchev–Trinajstić information content (AvgIpc) is 2.72. The first-order chi connectivity index (χ1) is 14.1. The van der Waals surface area contributed by atoms with Crippen molar-refractivity contribution in [3.05, 3.63) is 29.3 Å². The second kappa shape index (κ2) is 9.33. The molecule has 168 valence electrons. The van der Waals surface area contributed by atoms with E-state index >= 15 is 0 Å². The van der Waals surface area contributed by atoms with E-state index in [9.17, 15) is 21.6 Å². The number of benzene rings is 1. The molecule has 0 bridgehead atoms. The number of rotatable bonds is 7. The highest BCUT2D eigenvalue weighted by molar-refractivity contribution is 7.89. The van der Waals surface area contributed by atoms with Crippen molar-refractivity contribution in [3.8, 4) is 0 Å². The summed E-state index contributed by atoms with van der Waals surface area (Å²) in [6.45, 7) is 0.989. The zero-order valence-electron chi connectivity index (χ0n) is 17.6. The normalized spacial score (nSPS) is 18.4. The molecule has 1 fully saturated rings. The average molecular weight is 458 g/mol. The number of hydrogen-bond acceptors (Lipinski definition) is 5. The van der Waals surface area contributed by atoms with Gasteiger partial charge in [-0.3, -0.25) is 4.79 Å². The summed E-state index contributed by atoms with van der Waals surface area (Å²) in [6, 6.07) is 5.18. The van der Waals surface area contributed by atoms with Gasteiger partial charge in [-0.25, -0.2) is 25.9 Å². The van der Waals surface area contributed by atoms with Gasteiger partial charge >= 0.3 is 0 Å². The van der Waals surface area contributed by atoms with Crippen LogP contribution >= 0.6 is 0 Å². The maximum Gasteiger partial charge on any atom is 0.240 e. The lowest BCUT2D eigenvalue weighted by molar-refractivity contribution is -0.132. The van der Waals surface area contributed by atoms with Gasteiger partial charge in [0.1, 0.15) is 0 Å². The Kier molecular flexibility index (Phi) is 7.21. The third kappa shape index (κ3) is 5.60. The molecule has 0 aromatic heterocycles. The maximum absolute atomic E-state index is 12.6. The van der Waals surface area contributed by atoms with Crippen molar-refractivity contribution in [2.75, 3.05) is 32.9 Å². The highest BCUT2D eigenvalue weighted by atomic mass is 32.2. The molecule has 0 spiro atoms. The quantitative estimate of drug-likeness (QED) is 0.661. The van der Waals surface area contributed by atoms with E-state index in [1.165, 1.54) is 16.1 Å². The number of carbonyl (C=O) groups is 1. The Morgan fingerprint density at radius 2 is 1.73 bits per heavy atom. The Balaban J connectivity index is 1.49. The van der Waals surface area contributed by atoms with E-state index in [-0.39, 0.29) is 29.8 Å². The monoisotopic (exact) mass is 457 g/mol. The molecule has 0 radical (unpaired) electrons. The fourth-order valence-corrected chi connectivity index (χ4v) is 5.99. The number of aryl methyl sites for hydroxylation is 2. The highest BCUT2D eigenvalue weighted by Gasteiger charge is 2.29. The van der Waals surface area contributed by atoms with E-state index in [0.717, 1.165) is 31.2 Å². The van der Waals surface area contributed by atoms with Gasteiger partial charge in [-0.2, -0.15) is 0 Å². The molecule has 1 aromatic rings. The molecule has 1 aliphatic heterocycles. The van der Waals surface area contributed by atoms with Crippen molar-refractivity contribution in [1.29, 1.82) is 0 Å². The SMILES string of the molecule is CN(C1CCN(C(=O)CCNS(=O)(=O)c2ccc3c(c2)CCCC3)CC1)S(C)(=O)=O. The summed E-state index contributed by atoms with van der Waals surface area (Å²) in [5.41, 5.74) is 2.32. The van der Waals surface area contributed by atoms with Gasteiger partial charge in [0.2, 0.25) is 26.0 Å². The first-order valence-electron chi connectivity index (χ1n) is 10.4. The zero-order valence-corrected chi connectivity index (χ0v) is 19.3. The van der Waals surface area contributed by atoms with Gasteiger partial charge in [0, 0.05) is 39.1 Å². The van der Waals surface area contributed by atoms with Crippen molar-refractivity contribution in [3.63, 3.8) is 0 Å². The van der Waals surface area contributed by atoms with Crippen LogP contribution in [-0.4, -0.2) is 70.9 Å². The minimum Gasteiger partial charge on any atom is -0.343 e. The highest BCUT2D eigenvalue weighted by Crippen LogP contribution is 2.24. The molecule has 30 heavy (non-hydrogen) atoms. The minimum atomic E-state index is -3.65. The number of likely N-dealkylation sites (tertiary alicyclic amines) is 1. The topological polar surface area (TPSA) is 104 Å². The molecular weight excluding hydrogens is 426 g/mol. The van der Waals surface area contributed by atoms with Crippen molar-refractivity contribution < 1.29 is 21.6 Å². The van der Waals surface area contributed by atoms with E-state index in [2.05, 4.69) is 4.72 Å². The molecule has 10 heteroatoms. The maximum atomic E-state index is 12.6. The van der Waals surface area contributed by atoms with Gasteiger partial charge < -0.3 is 4.90 Å². The lowest BCUT2D eigenvalue weighted by Gasteiger charge is -2.35. The first kappa shape index (κ1) is 23.2. The van der Waals surface area contributed by atoms with Crippen molar-refractivity contribution in [2.24, 2.45) is 0 Å². The van der Waals surface area contributed by atoms with Gasteiger partial charge in [-0.1, -0.05) is 6.07 Å². The summed E-state index contributed by atoms with van der Waals surface area (Å²) in [5.74, 6) is -0.122. The van der Waals surface area contributed by atoms with Crippen LogP contribution in [0.1, 0.15) is 43.2 Å². The second-order valence-electron chi connectivity index (χ2n) is 8.18. The standard InChI is InChI=1S/C20H31N3O5S2/c1-22(29(2,25)26)18-10-13-23(14-11-18)20(24)9-12-21-30(27,28)19-8-7-16-5-3-4-6-17(16)15-19/h7-8,15,18,21H,3-6,9-14H2,1-2H3. The lowest BCUT2D eigenvalue weighted by Crippen LogP contribution is -2.47. The number of amides is 1. The van der Waals surface area contributed by atoms with Crippen LogP contribution in [0.25, 0.3) is 0 Å². The first-order valence-corrected chi connectivity index (χ1v) is 13.7. The van der Waals surface area contributed by atoms with Crippen LogP contribution < -0.4 is 4.72 Å². The molecule has 1 amide bonds. The molecule has 2 aliphatic rings. The summed E-state index contributed by atoms with van der Waals surface area (Å²) < 4.78 is 52.4. The minimum absolute atomic E-state index is 0.0431. The summed E-state index contributed by atoms with van der Waals surface area (Å²) in [4.78, 5) is 14.4. The third-order valence-electron chi connectivity index (χ3n) is 6.12. The van der Waals surface area contributed by atoms with Crippen LogP contribution in [-0.2, 0) is 37.7 Å². The van der Waals surface area contributed by atoms with E-state index in [1.54, 1.807) is 24.1 Å². The van der Waals surface area contributed by atoms with E-state index in [0.29, 0.717) is 25.9 Å². The molecule has 1 N–H and O–H groups in total. The molecule has 8 nitrogen and oxygen atoms in total. The molecular formula is C20H31N3O5S2. The van der Waals surface area contributed by atoms with Gasteiger partial charge in [-0.05, 0) is 61.8 Å².